The summed E-state index contributed by atoms with van der Waals surface area (Å²) in [6.45, 7) is 0. The Morgan fingerprint density at radius 2 is 1.13 bits per heavy atom. The monoisotopic (exact) mass is 561 g/mol. The summed E-state index contributed by atoms with van der Waals surface area (Å²) in [4.78, 5) is 0. The van der Waals surface area contributed by atoms with Crippen LogP contribution in [-0.4, -0.2) is 4.57 Å². The number of fused-ring (bicyclic) bond motifs is 6. The maximum atomic E-state index is 3.80. The van der Waals surface area contributed by atoms with Crippen LogP contribution in [0.4, 0.5) is 0 Å². The number of para-hydroxylation sites is 2. The zero-order valence-electron chi connectivity index (χ0n) is 21.2. The van der Waals surface area contributed by atoms with Crippen LogP contribution in [0.2, 0.25) is 0 Å². The number of hydrogen-bond acceptors (Lipinski definition) is 0. The predicted molar refractivity (Wildman–Crippen MR) is 166 cm³/mol. The highest BCUT2D eigenvalue weighted by Gasteiger charge is 2.46. The van der Waals surface area contributed by atoms with E-state index in [1.54, 1.807) is 0 Å². The van der Waals surface area contributed by atoms with Gasteiger partial charge in [0.15, 0.2) is 0 Å². The van der Waals surface area contributed by atoms with Gasteiger partial charge >= 0.3 is 0 Å². The zero-order chi connectivity index (χ0) is 26.0. The molecule has 0 amide bonds. The third kappa shape index (κ3) is 3.13. The highest BCUT2D eigenvalue weighted by molar-refractivity contribution is 9.10. The highest BCUT2D eigenvalue weighted by atomic mass is 79.9. The molecule has 1 atom stereocenters. The highest BCUT2D eigenvalue weighted by Crippen LogP contribution is 2.57. The van der Waals surface area contributed by atoms with Gasteiger partial charge in [-0.2, -0.15) is 0 Å². The number of aromatic nitrogens is 1. The van der Waals surface area contributed by atoms with Crippen molar-refractivity contribution in [3.05, 3.63) is 172 Å². The summed E-state index contributed by atoms with van der Waals surface area (Å²) in [7, 11) is 0. The fourth-order valence-corrected chi connectivity index (χ4v) is 7.15. The molecule has 2 heteroatoms. The first-order valence-corrected chi connectivity index (χ1v) is 14.1. The minimum absolute atomic E-state index is 0.429. The van der Waals surface area contributed by atoms with E-state index in [4.69, 9.17) is 0 Å². The lowest BCUT2D eigenvalue weighted by Gasteiger charge is -2.34. The van der Waals surface area contributed by atoms with E-state index in [2.05, 4.69) is 166 Å². The fourth-order valence-electron chi connectivity index (χ4n) is 6.79. The maximum absolute atomic E-state index is 3.80. The first kappa shape index (κ1) is 22.6. The number of nitrogens with zero attached hydrogens (tertiary/aromatic N) is 1. The zero-order valence-corrected chi connectivity index (χ0v) is 22.8. The molecule has 0 aliphatic heterocycles. The lowest BCUT2D eigenvalue weighted by Crippen LogP contribution is -2.28. The van der Waals surface area contributed by atoms with E-state index in [1.807, 2.05) is 0 Å². The molecule has 0 radical (unpaired) electrons. The fraction of sp³-hybridized carbons (Fsp3) is 0.0270. The molecule has 184 valence electrons. The summed E-state index contributed by atoms with van der Waals surface area (Å²) >= 11 is 3.80. The Morgan fingerprint density at radius 1 is 0.462 bits per heavy atom. The Balaban J connectivity index is 1.52. The maximum Gasteiger partial charge on any atom is 0.0714 e. The minimum atomic E-state index is -0.429. The van der Waals surface area contributed by atoms with Gasteiger partial charge in [0.05, 0.1) is 16.4 Å². The second-order valence-electron chi connectivity index (χ2n) is 10.3. The van der Waals surface area contributed by atoms with Crippen molar-refractivity contribution in [3.8, 4) is 16.8 Å². The Bertz CT molecular complexity index is 2020. The average molecular weight is 563 g/mol. The largest absolute Gasteiger partial charge is 0.309 e. The molecule has 1 aliphatic carbocycles. The predicted octanol–water partition coefficient (Wildman–Crippen LogP) is 9.91. The average Bonchev–Trinajstić information content (AvgIpc) is 3.48. The first-order valence-electron chi connectivity index (χ1n) is 13.3. The molecule has 6 aromatic carbocycles. The number of rotatable bonds is 3. The van der Waals surface area contributed by atoms with Crippen LogP contribution in [0.1, 0.15) is 22.3 Å². The minimum Gasteiger partial charge on any atom is -0.309 e. The molecule has 0 saturated carbocycles. The molecule has 1 heterocycles. The lowest BCUT2D eigenvalue weighted by atomic mass is 9.67. The van der Waals surface area contributed by atoms with E-state index in [0.29, 0.717) is 0 Å². The van der Waals surface area contributed by atoms with Crippen molar-refractivity contribution in [2.45, 2.75) is 5.41 Å². The Kier molecular flexibility index (Phi) is 4.95. The molecule has 1 nitrogen and oxygen atoms in total. The third-order valence-electron chi connectivity index (χ3n) is 8.33. The Hall–Kier alpha value is -4.40. The summed E-state index contributed by atoms with van der Waals surface area (Å²) in [5.41, 5.74) is 11.0. The normalized spacial score (nSPS) is 15.9. The summed E-state index contributed by atoms with van der Waals surface area (Å²) in [5.74, 6) is 0. The number of halogens is 1. The van der Waals surface area contributed by atoms with E-state index in [0.717, 1.165) is 4.47 Å². The van der Waals surface area contributed by atoms with Crippen molar-refractivity contribution >= 4 is 37.7 Å². The molecule has 1 aliphatic rings. The van der Waals surface area contributed by atoms with Gasteiger partial charge in [-0.1, -0.05) is 119 Å². The smallest absolute Gasteiger partial charge is 0.0714 e. The van der Waals surface area contributed by atoms with Crippen LogP contribution in [0.25, 0.3) is 38.6 Å². The van der Waals surface area contributed by atoms with E-state index < -0.39 is 5.41 Å². The molecule has 1 unspecified atom stereocenters. The van der Waals surface area contributed by atoms with Crippen molar-refractivity contribution in [2.75, 3.05) is 0 Å². The van der Waals surface area contributed by atoms with Gasteiger partial charge in [-0.25, -0.2) is 0 Å². The Morgan fingerprint density at radius 3 is 1.97 bits per heavy atom. The van der Waals surface area contributed by atoms with Crippen molar-refractivity contribution in [1.82, 2.24) is 4.57 Å². The van der Waals surface area contributed by atoms with E-state index in [1.165, 1.54) is 60.9 Å². The second-order valence-corrected chi connectivity index (χ2v) is 11.2. The topological polar surface area (TPSA) is 4.93 Å². The molecule has 0 fully saturated rings. The molecular formula is C37H24BrN. The second kappa shape index (κ2) is 8.56. The van der Waals surface area contributed by atoms with Crippen molar-refractivity contribution in [1.29, 1.82) is 0 Å². The lowest BCUT2D eigenvalue weighted by molar-refractivity contribution is 0.769. The van der Waals surface area contributed by atoms with Crippen LogP contribution in [-0.2, 0) is 5.41 Å². The molecule has 0 bridgehead atoms. The van der Waals surface area contributed by atoms with Gasteiger partial charge in [0.25, 0.3) is 0 Å². The van der Waals surface area contributed by atoms with Gasteiger partial charge in [-0.15, -0.1) is 0 Å². The van der Waals surface area contributed by atoms with Gasteiger partial charge in [-0.3, -0.25) is 0 Å². The molecule has 39 heavy (non-hydrogen) atoms. The molecular weight excluding hydrogens is 538 g/mol. The Labute approximate surface area is 236 Å². The molecule has 0 saturated heterocycles. The van der Waals surface area contributed by atoms with Crippen molar-refractivity contribution in [2.24, 2.45) is 0 Å². The van der Waals surface area contributed by atoms with E-state index in [-0.39, 0.29) is 0 Å². The number of benzene rings is 6. The SMILES string of the molecule is Brc1ccc2c(c1)C(c1ccccc1)(c1ccc3c(c1)c1ccccc1n3-c1ccccc1)c1ccccc1-2. The summed E-state index contributed by atoms with van der Waals surface area (Å²) in [5, 5.41) is 2.53. The van der Waals surface area contributed by atoms with Gasteiger partial charge in [0, 0.05) is 20.9 Å². The molecule has 0 N–H and O–H groups in total. The van der Waals surface area contributed by atoms with Crippen LogP contribution in [0.15, 0.2) is 150 Å². The quantitative estimate of drug-likeness (QED) is 0.202. The van der Waals surface area contributed by atoms with E-state index in [9.17, 15) is 0 Å². The van der Waals surface area contributed by atoms with Gasteiger partial charge in [-0.05, 0) is 75.8 Å². The third-order valence-corrected chi connectivity index (χ3v) is 8.83. The first-order chi connectivity index (χ1) is 19.3. The van der Waals surface area contributed by atoms with Gasteiger partial charge in [0.2, 0.25) is 0 Å². The molecule has 0 spiro atoms. The molecule has 7 aromatic rings. The summed E-state index contributed by atoms with van der Waals surface area (Å²) in [6.07, 6.45) is 0. The van der Waals surface area contributed by atoms with Crippen LogP contribution >= 0.6 is 15.9 Å². The standard InChI is InChI=1S/C37H24BrN/c38-27-20-21-30-29-15-7-9-17-33(29)37(34(30)24-27,25-11-3-1-4-12-25)26-19-22-36-32(23-26)31-16-8-10-18-35(31)39(36)28-13-5-2-6-14-28/h1-24H. The number of hydrogen-bond donors (Lipinski definition) is 0. The van der Waals surface area contributed by atoms with Crippen molar-refractivity contribution in [3.63, 3.8) is 0 Å². The van der Waals surface area contributed by atoms with Crippen LogP contribution in [0, 0.1) is 0 Å². The molecule has 8 rings (SSSR count). The van der Waals surface area contributed by atoms with Gasteiger partial charge in [0.1, 0.15) is 0 Å². The van der Waals surface area contributed by atoms with Crippen LogP contribution in [0.5, 0.6) is 0 Å². The van der Waals surface area contributed by atoms with Gasteiger partial charge < -0.3 is 4.57 Å². The van der Waals surface area contributed by atoms with Crippen molar-refractivity contribution < 1.29 is 0 Å². The van der Waals surface area contributed by atoms with Crippen LogP contribution < -0.4 is 0 Å². The van der Waals surface area contributed by atoms with Crippen LogP contribution in [0.3, 0.4) is 0 Å². The van der Waals surface area contributed by atoms with E-state index >= 15 is 0 Å². The summed E-state index contributed by atoms with van der Waals surface area (Å²) in [6, 6.07) is 53.2. The summed E-state index contributed by atoms with van der Waals surface area (Å²) < 4.78 is 3.48. The molecule has 1 aromatic heterocycles.